The van der Waals surface area contributed by atoms with Crippen molar-refractivity contribution in [3.8, 4) is 0 Å². The molecular weight excluding hydrogens is 332 g/mol. The molecule has 0 bridgehead atoms. The van der Waals surface area contributed by atoms with Gasteiger partial charge in [0.25, 0.3) is 5.91 Å². The minimum absolute atomic E-state index is 0.00376. The number of likely N-dealkylation sites (N-methyl/N-ethyl adjacent to an activating group) is 1. The van der Waals surface area contributed by atoms with Gasteiger partial charge in [-0.15, -0.1) is 11.3 Å². The number of rotatable bonds is 5. The Kier molecular flexibility index (Phi) is 5.71. The van der Waals surface area contributed by atoms with Crippen molar-refractivity contribution in [1.29, 1.82) is 0 Å². The van der Waals surface area contributed by atoms with Crippen LogP contribution in [-0.4, -0.2) is 49.0 Å². The van der Waals surface area contributed by atoms with E-state index in [1.807, 2.05) is 12.3 Å². The van der Waals surface area contributed by atoms with Crippen LogP contribution in [0, 0.1) is 6.92 Å². The fraction of sp³-hybridized carbons (Fsp3) is 0.474. The predicted octanol–water partition coefficient (Wildman–Crippen LogP) is 2.70. The van der Waals surface area contributed by atoms with Crippen LogP contribution >= 0.6 is 11.3 Å². The van der Waals surface area contributed by atoms with Crippen molar-refractivity contribution in [3.05, 3.63) is 45.3 Å². The van der Waals surface area contributed by atoms with E-state index in [4.69, 9.17) is 0 Å². The van der Waals surface area contributed by atoms with Gasteiger partial charge in [-0.2, -0.15) is 0 Å². The van der Waals surface area contributed by atoms with Gasteiger partial charge >= 0.3 is 0 Å². The van der Waals surface area contributed by atoms with E-state index in [0.29, 0.717) is 6.54 Å². The molecule has 1 amide bonds. The van der Waals surface area contributed by atoms with Gasteiger partial charge in [0.1, 0.15) is 5.82 Å². The lowest BCUT2D eigenvalue weighted by molar-refractivity contribution is 0.0955. The Morgan fingerprint density at radius 1 is 1.28 bits per heavy atom. The second-order valence-electron chi connectivity index (χ2n) is 6.54. The topological polar surface area (TPSA) is 48.5 Å². The maximum absolute atomic E-state index is 12.3. The molecular formula is C19H26N4OS. The molecule has 0 unspecified atom stereocenters. The first-order chi connectivity index (χ1) is 12.1. The summed E-state index contributed by atoms with van der Waals surface area (Å²) in [5.41, 5.74) is 2.28. The molecule has 2 aromatic rings. The number of hydrogen-bond donors (Lipinski definition) is 1. The van der Waals surface area contributed by atoms with Gasteiger partial charge < -0.3 is 15.1 Å². The molecule has 25 heavy (non-hydrogen) atoms. The van der Waals surface area contributed by atoms with Crippen LogP contribution in [0.1, 0.15) is 32.6 Å². The zero-order valence-corrected chi connectivity index (χ0v) is 16.0. The Hall–Kier alpha value is -1.92. The lowest BCUT2D eigenvalue weighted by Crippen LogP contribution is -2.44. The number of nitrogens with zero attached hydrogens (tertiary/aromatic N) is 3. The molecule has 1 aliphatic heterocycles. The molecule has 3 heterocycles. The lowest BCUT2D eigenvalue weighted by atomic mass is 10.2. The average molecular weight is 359 g/mol. The van der Waals surface area contributed by atoms with Crippen molar-refractivity contribution in [3.63, 3.8) is 0 Å². The quantitative estimate of drug-likeness (QED) is 0.893. The Labute approximate surface area is 153 Å². The highest BCUT2D eigenvalue weighted by Gasteiger charge is 2.15. The summed E-state index contributed by atoms with van der Waals surface area (Å²) in [5.74, 6) is 1.01. The average Bonchev–Trinajstić information content (AvgIpc) is 3.02. The Morgan fingerprint density at radius 3 is 2.64 bits per heavy atom. The van der Waals surface area contributed by atoms with Crippen molar-refractivity contribution >= 4 is 23.1 Å². The van der Waals surface area contributed by atoms with Gasteiger partial charge in [0.2, 0.25) is 0 Å². The summed E-state index contributed by atoms with van der Waals surface area (Å²) in [6, 6.07) is 6.11. The number of nitrogens with one attached hydrogen (secondary N) is 1. The van der Waals surface area contributed by atoms with E-state index in [9.17, 15) is 4.79 Å². The van der Waals surface area contributed by atoms with E-state index in [1.54, 1.807) is 11.3 Å². The summed E-state index contributed by atoms with van der Waals surface area (Å²) in [6.07, 6.45) is 2.83. The molecule has 2 aromatic heterocycles. The smallest absolute Gasteiger partial charge is 0.261 e. The van der Waals surface area contributed by atoms with E-state index in [2.05, 4.69) is 53.1 Å². The minimum atomic E-state index is -0.00376. The molecule has 0 atom stereocenters. The van der Waals surface area contributed by atoms with E-state index in [1.165, 1.54) is 10.4 Å². The third kappa shape index (κ3) is 4.38. The fourth-order valence-electron chi connectivity index (χ4n) is 3.00. The van der Waals surface area contributed by atoms with Crippen LogP contribution in [0.5, 0.6) is 0 Å². The van der Waals surface area contributed by atoms with Crippen LogP contribution in [0.25, 0.3) is 0 Å². The molecule has 1 fully saturated rings. The monoisotopic (exact) mass is 358 g/mol. The molecule has 0 aliphatic carbocycles. The fourth-order valence-corrected chi connectivity index (χ4v) is 4.03. The first-order valence-corrected chi connectivity index (χ1v) is 9.64. The van der Waals surface area contributed by atoms with Gasteiger partial charge in [-0.25, -0.2) is 4.98 Å². The van der Waals surface area contributed by atoms with Crippen molar-refractivity contribution in [1.82, 2.24) is 15.2 Å². The van der Waals surface area contributed by atoms with Crippen LogP contribution < -0.4 is 10.2 Å². The maximum atomic E-state index is 12.3. The standard InChI is InChI=1S/C19H26N4OS/c1-4-16-11-17(25-14(16)2)19(24)21-13-15-5-6-18(20-12-15)23-9-7-22(3)8-10-23/h5-6,11-12H,4,7-10,13H2,1-3H3,(H,21,24). The van der Waals surface area contributed by atoms with Crippen LogP contribution in [0.2, 0.25) is 0 Å². The van der Waals surface area contributed by atoms with Crippen molar-refractivity contribution in [2.24, 2.45) is 0 Å². The van der Waals surface area contributed by atoms with Crippen LogP contribution in [0.3, 0.4) is 0 Å². The number of aryl methyl sites for hydroxylation is 2. The minimum Gasteiger partial charge on any atom is -0.354 e. The molecule has 1 aliphatic rings. The van der Waals surface area contributed by atoms with E-state index in [0.717, 1.165) is 48.9 Å². The third-order valence-electron chi connectivity index (χ3n) is 4.71. The van der Waals surface area contributed by atoms with Crippen LogP contribution in [-0.2, 0) is 13.0 Å². The number of carbonyl (C=O) groups excluding carboxylic acids is 1. The highest BCUT2D eigenvalue weighted by molar-refractivity contribution is 7.14. The summed E-state index contributed by atoms with van der Waals surface area (Å²) in [7, 11) is 2.15. The number of amides is 1. The van der Waals surface area contributed by atoms with Crippen molar-refractivity contribution in [2.75, 3.05) is 38.1 Å². The molecule has 0 aromatic carbocycles. The van der Waals surface area contributed by atoms with Crippen LogP contribution in [0.15, 0.2) is 24.4 Å². The molecule has 134 valence electrons. The van der Waals surface area contributed by atoms with Crippen molar-refractivity contribution in [2.45, 2.75) is 26.8 Å². The second-order valence-corrected chi connectivity index (χ2v) is 7.80. The SMILES string of the molecule is CCc1cc(C(=O)NCc2ccc(N3CCN(C)CC3)nc2)sc1C. The number of anilines is 1. The van der Waals surface area contributed by atoms with Gasteiger partial charge in [-0.1, -0.05) is 13.0 Å². The lowest BCUT2D eigenvalue weighted by Gasteiger charge is -2.33. The molecule has 0 saturated carbocycles. The highest BCUT2D eigenvalue weighted by Crippen LogP contribution is 2.22. The largest absolute Gasteiger partial charge is 0.354 e. The summed E-state index contributed by atoms with van der Waals surface area (Å²) >= 11 is 1.57. The third-order valence-corrected chi connectivity index (χ3v) is 5.81. The Morgan fingerprint density at radius 2 is 2.04 bits per heavy atom. The normalized spacial score (nSPS) is 15.4. The molecule has 6 heteroatoms. The molecule has 1 N–H and O–H groups in total. The number of piperazine rings is 1. The summed E-state index contributed by atoms with van der Waals surface area (Å²) in [4.78, 5) is 23.5. The molecule has 0 spiro atoms. The Bertz CT molecular complexity index is 718. The van der Waals surface area contributed by atoms with Crippen molar-refractivity contribution < 1.29 is 4.79 Å². The number of pyridine rings is 1. The number of aromatic nitrogens is 1. The number of carbonyl (C=O) groups is 1. The molecule has 5 nitrogen and oxygen atoms in total. The Balaban J connectivity index is 1.55. The summed E-state index contributed by atoms with van der Waals surface area (Å²) < 4.78 is 0. The zero-order valence-electron chi connectivity index (χ0n) is 15.2. The van der Waals surface area contributed by atoms with E-state index < -0.39 is 0 Å². The molecule has 0 radical (unpaired) electrons. The van der Waals surface area contributed by atoms with Gasteiger partial charge in [0.15, 0.2) is 0 Å². The first-order valence-electron chi connectivity index (χ1n) is 8.82. The first kappa shape index (κ1) is 17.9. The molecule has 1 saturated heterocycles. The second kappa shape index (κ2) is 7.97. The maximum Gasteiger partial charge on any atom is 0.261 e. The van der Waals surface area contributed by atoms with Gasteiger partial charge in [0.05, 0.1) is 4.88 Å². The number of thiophene rings is 1. The summed E-state index contributed by atoms with van der Waals surface area (Å²) in [5, 5.41) is 3.00. The van der Waals surface area contributed by atoms with E-state index >= 15 is 0 Å². The highest BCUT2D eigenvalue weighted by atomic mass is 32.1. The summed E-state index contributed by atoms with van der Waals surface area (Å²) in [6.45, 7) is 8.85. The van der Waals surface area contributed by atoms with Crippen LogP contribution in [0.4, 0.5) is 5.82 Å². The van der Waals surface area contributed by atoms with Gasteiger partial charge in [-0.3, -0.25) is 4.79 Å². The predicted molar refractivity (Wildman–Crippen MR) is 104 cm³/mol. The van der Waals surface area contributed by atoms with Gasteiger partial charge in [-0.05, 0) is 43.7 Å². The zero-order chi connectivity index (χ0) is 17.8. The van der Waals surface area contributed by atoms with Gasteiger partial charge in [0, 0.05) is 43.8 Å². The number of hydrogen-bond acceptors (Lipinski definition) is 5. The van der Waals surface area contributed by atoms with E-state index in [-0.39, 0.29) is 5.91 Å². The molecule has 3 rings (SSSR count).